The monoisotopic (exact) mass is 381 g/mol. The van der Waals surface area contributed by atoms with Gasteiger partial charge in [-0.25, -0.2) is 4.98 Å². The van der Waals surface area contributed by atoms with E-state index in [9.17, 15) is 4.79 Å². The van der Waals surface area contributed by atoms with Crippen molar-refractivity contribution in [2.75, 3.05) is 44.7 Å². The molecule has 0 spiro atoms. The standard InChI is InChI=1S/C19H31N5O.ClH/c1-15(2)22(3)18-7-6-16(11-21-18)13-23-9-4-5-17(14-23)24-10-8-20-12-19(24)25;/h6-7,11,15,17,20H,4-5,8-10,12-14H2,1-3H3;1H. The number of anilines is 1. The van der Waals surface area contributed by atoms with E-state index in [1.165, 1.54) is 5.56 Å². The van der Waals surface area contributed by atoms with Crippen molar-refractivity contribution in [1.29, 1.82) is 0 Å². The van der Waals surface area contributed by atoms with E-state index < -0.39 is 0 Å². The smallest absolute Gasteiger partial charge is 0.236 e. The number of hydrogen-bond donors (Lipinski definition) is 1. The Labute approximate surface area is 163 Å². The first kappa shape index (κ1) is 20.9. The quantitative estimate of drug-likeness (QED) is 0.842. The number of piperazine rings is 1. The van der Waals surface area contributed by atoms with Crippen molar-refractivity contribution >= 4 is 24.1 Å². The number of amides is 1. The number of nitrogens with zero attached hydrogens (tertiary/aromatic N) is 4. The number of likely N-dealkylation sites (tertiary alicyclic amines) is 1. The largest absolute Gasteiger partial charge is 0.357 e. The van der Waals surface area contributed by atoms with Crippen LogP contribution in [0.2, 0.25) is 0 Å². The van der Waals surface area contributed by atoms with Gasteiger partial charge in [0.15, 0.2) is 0 Å². The number of pyridine rings is 1. The van der Waals surface area contributed by atoms with E-state index in [1.54, 1.807) is 0 Å². The van der Waals surface area contributed by atoms with Crippen LogP contribution in [-0.4, -0.2) is 72.5 Å². The Morgan fingerprint density at radius 1 is 1.35 bits per heavy atom. The van der Waals surface area contributed by atoms with Crippen LogP contribution in [0.1, 0.15) is 32.3 Å². The zero-order chi connectivity index (χ0) is 17.8. The van der Waals surface area contributed by atoms with Crippen LogP contribution >= 0.6 is 12.4 Å². The number of aromatic nitrogens is 1. The van der Waals surface area contributed by atoms with Crippen molar-refractivity contribution in [1.82, 2.24) is 20.1 Å². The highest BCUT2D eigenvalue weighted by Gasteiger charge is 2.29. The van der Waals surface area contributed by atoms with Gasteiger partial charge in [-0.05, 0) is 44.9 Å². The number of carbonyl (C=O) groups excluding carboxylic acids is 1. The summed E-state index contributed by atoms with van der Waals surface area (Å²) in [6.07, 6.45) is 4.27. The van der Waals surface area contributed by atoms with Crippen LogP contribution in [0.5, 0.6) is 0 Å². The van der Waals surface area contributed by atoms with Gasteiger partial charge in [-0.1, -0.05) is 6.07 Å². The zero-order valence-electron chi connectivity index (χ0n) is 16.1. The molecule has 1 aromatic rings. The molecule has 1 aromatic heterocycles. The van der Waals surface area contributed by atoms with Crippen molar-refractivity contribution in [3.05, 3.63) is 23.9 Å². The topological polar surface area (TPSA) is 51.7 Å². The molecule has 0 aromatic carbocycles. The third kappa shape index (κ3) is 5.09. The van der Waals surface area contributed by atoms with Crippen molar-refractivity contribution < 1.29 is 4.79 Å². The minimum atomic E-state index is 0. The second-order valence-corrected chi connectivity index (χ2v) is 7.52. The van der Waals surface area contributed by atoms with Crippen molar-refractivity contribution in [2.45, 2.75) is 45.3 Å². The molecule has 0 bridgehead atoms. The summed E-state index contributed by atoms with van der Waals surface area (Å²) in [4.78, 5) is 23.5. The van der Waals surface area contributed by atoms with Crippen molar-refractivity contribution in [2.24, 2.45) is 0 Å². The Kier molecular flexibility index (Phi) is 7.68. The summed E-state index contributed by atoms with van der Waals surface area (Å²) < 4.78 is 0. The molecule has 3 heterocycles. The molecular weight excluding hydrogens is 350 g/mol. The third-order valence-corrected chi connectivity index (χ3v) is 5.40. The maximum absolute atomic E-state index is 12.1. The van der Waals surface area contributed by atoms with Gasteiger partial charge < -0.3 is 15.1 Å². The first-order valence-corrected chi connectivity index (χ1v) is 9.45. The van der Waals surface area contributed by atoms with Gasteiger partial charge in [-0.3, -0.25) is 9.69 Å². The number of nitrogens with one attached hydrogen (secondary N) is 1. The summed E-state index contributed by atoms with van der Waals surface area (Å²) in [6.45, 7) is 9.57. The first-order valence-electron chi connectivity index (χ1n) is 9.45. The highest BCUT2D eigenvalue weighted by atomic mass is 35.5. The molecule has 2 aliphatic heterocycles. The average molecular weight is 382 g/mol. The molecule has 146 valence electrons. The molecule has 2 fully saturated rings. The Balaban J connectivity index is 0.00000243. The van der Waals surface area contributed by atoms with Gasteiger partial charge in [0.05, 0.1) is 6.54 Å². The number of hydrogen-bond acceptors (Lipinski definition) is 5. The number of piperidine rings is 1. The Bertz CT molecular complexity index is 580. The van der Waals surface area contributed by atoms with Gasteiger partial charge in [-0.15, -0.1) is 12.4 Å². The minimum Gasteiger partial charge on any atom is -0.357 e. The Hall–Kier alpha value is -1.37. The fourth-order valence-corrected chi connectivity index (χ4v) is 3.68. The van der Waals surface area contributed by atoms with Crippen LogP contribution in [0.25, 0.3) is 0 Å². The Morgan fingerprint density at radius 2 is 2.15 bits per heavy atom. The number of carbonyl (C=O) groups is 1. The summed E-state index contributed by atoms with van der Waals surface area (Å²) in [5.74, 6) is 1.27. The molecule has 0 radical (unpaired) electrons. The highest BCUT2D eigenvalue weighted by molar-refractivity contribution is 5.85. The fraction of sp³-hybridized carbons (Fsp3) is 0.684. The van der Waals surface area contributed by atoms with Crippen LogP contribution < -0.4 is 10.2 Å². The molecule has 6 nitrogen and oxygen atoms in total. The lowest BCUT2D eigenvalue weighted by atomic mass is 10.0. The third-order valence-electron chi connectivity index (χ3n) is 5.40. The average Bonchev–Trinajstić information content (AvgIpc) is 2.62. The lowest BCUT2D eigenvalue weighted by Crippen LogP contribution is -2.56. The summed E-state index contributed by atoms with van der Waals surface area (Å²) in [7, 11) is 2.08. The van der Waals surface area contributed by atoms with Crippen LogP contribution in [0.15, 0.2) is 18.3 Å². The molecule has 1 atom stereocenters. The summed E-state index contributed by atoms with van der Waals surface area (Å²) in [6, 6.07) is 5.10. The second-order valence-electron chi connectivity index (χ2n) is 7.52. The van der Waals surface area contributed by atoms with Gasteiger partial charge in [0.25, 0.3) is 0 Å². The van der Waals surface area contributed by atoms with Gasteiger partial charge in [0.1, 0.15) is 5.82 Å². The van der Waals surface area contributed by atoms with Crippen LogP contribution in [-0.2, 0) is 11.3 Å². The number of halogens is 1. The maximum atomic E-state index is 12.1. The normalized spacial score (nSPS) is 21.6. The van der Waals surface area contributed by atoms with E-state index in [2.05, 4.69) is 58.0 Å². The van der Waals surface area contributed by atoms with Gasteiger partial charge in [0.2, 0.25) is 5.91 Å². The van der Waals surface area contributed by atoms with Gasteiger partial charge in [0, 0.05) is 51.5 Å². The van der Waals surface area contributed by atoms with E-state index >= 15 is 0 Å². The number of rotatable bonds is 5. The van der Waals surface area contributed by atoms with Crippen molar-refractivity contribution in [3.8, 4) is 0 Å². The van der Waals surface area contributed by atoms with Crippen LogP contribution in [0.3, 0.4) is 0 Å². The van der Waals surface area contributed by atoms with E-state index in [0.717, 1.165) is 51.4 Å². The lowest BCUT2D eigenvalue weighted by molar-refractivity contribution is -0.135. The van der Waals surface area contributed by atoms with Gasteiger partial charge >= 0.3 is 0 Å². The second kappa shape index (κ2) is 9.53. The molecule has 1 amide bonds. The highest BCUT2D eigenvalue weighted by Crippen LogP contribution is 2.20. The molecule has 0 saturated carbocycles. The summed E-state index contributed by atoms with van der Waals surface area (Å²) in [5, 5.41) is 3.16. The summed E-state index contributed by atoms with van der Waals surface area (Å²) in [5.41, 5.74) is 1.24. The minimum absolute atomic E-state index is 0. The molecule has 1 unspecified atom stereocenters. The molecule has 7 heteroatoms. The van der Waals surface area contributed by atoms with Crippen molar-refractivity contribution in [3.63, 3.8) is 0 Å². The molecule has 2 aliphatic rings. The molecular formula is C19H32ClN5O. The predicted octanol–water partition coefficient (Wildman–Crippen LogP) is 1.74. The van der Waals surface area contributed by atoms with Gasteiger partial charge in [-0.2, -0.15) is 0 Å². The molecule has 2 saturated heterocycles. The Morgan fingerprint density at radius 3 is 2.81 bits per heavy atom. The van der Waals surface area contributed by atoms with E-state index in [4.69, 9.17) is 0 Å². The molecule has 0 aliphatic carbocycles. The van der Waals surface area contributed by atoms with E-state index in [-0.39, 0.29) is 18.3 Å². The van der Waals surface area contributed by atoms with E-state index in [0.29, 0.717) is 18.6 Å². The zero-order valence-corrected chi connectivity index (χ0v) is 17.0. The van der Waals surface area contributed by atoms with E-state index in [1.807, 2.05) is 6.20 Å². The van der Waals surface area contributed by atoms with Crippen LogP contribution in [0.4, 0.5) is 5.82 Å². The maximum Gasteiger partial charge on any atom is 0.236 e. The summed E-state index contributed by atoms with van der Waals surface area (Å²) >= 11 is 0. The first-order chi connectivity index (χ1) is 12.0. The fourth-order valence-electron chi connectivity index (χ4n) is 3.68. The molecule has 3 rings (SSSR count). The predicted molar refractivity (Wildman–Crippen MR) is 108 cm³/mol. The van der Waals surface area contributed by atoms with Crippen LogP contribution in [0, 0.1) is 0 Å². The lowest BCUT2D eigenvalue weighted by Gasteiger charge is -2.41. The molecule has 1 N–H and O–H groups in total. The molecule has 26 heavy (non-hydrogen) atoms. The SMILES string of the molecule is CC(C)N(C)c1ccc(CN2CCCC(N3CCNCC3=O)C2)cn1.Cl.